The summed E-state index contributed by atoms with van der Waals surface area (Å²) in [6.07, 6.45) is 4.52. The van der Waals surface area contributed by atoms with E-state index in [1.165, 1.54) is 12.4 Å². The molecule has 1 saturated heterocycles. The van der Waals surface area contributed by atoms with E-state index in [1.54, 1.807) is 4.90 Å². The molecule has 2 aromatic heterocycles. The molecule has 4 rings (SSSR count). The Labute approximate surface area is 193 Å². The van der Waals surface area contributed by atoms with Crippen LogP contribution in [0, 0.1) is 11.8 Å². The molecule has 3 aromatic rings. The molecule has 1 aliphatic heterocycles. The SMILES string of the molecule is C=CC(=O)N1CCCC(n2nc(C#CC(C)(C)OCc3ccccc3)c3c(N)ncnc32)C1. The van der Waals surface area contributed by atoms with E-state index in [1.807, 2.05) is 48.9 Å². The summed E-state index contributed by atoms with van der Waals surface area (Å²) >= 11 is 0. The van der Waals surface area contributed by atoms with Crippen LogP contribution in [-0.2, 0) is 16.1 Å². The number of likely N-dealkylation sites (tertiary alicyclic amines) is 1. The first-order chi connectivity index (χ1) is 15.9. The summed E-state index contributed by atoms with van der Waals surface area (Å²) in [6, 6.07) is 9.93. The van der Waals surface area contributed by atoms with Gasteiger partial charge in [0.2, 0.25) is 5.91 Å². The Bertz CT molecular complexity index is 1220. The van der Waals surface area contributed by atoms with Gasteiger partial charge in [0.25, 0.3) is 0 Å². The third-order valence-corrected chi connectivity index (χ3v) is 5.67. The summed E-state index contributed by atoms with van der Waals surface area (Å²) in [5.74, 6) is 6.57. The number of piperidine rings is 1. The largest absolute Gasteiger partial charge is 0.383 e. The molecule has 1 atom stereocenters. The van der Waals surface area contributed by atoms with Crippen molar-refractivity contribution in [2.75, 3.05) is 18.8 Å². The Morgan fingerprint density at radius 1 is 1.33 bits per heavy atom. The molecule has 1 aliphatic rings. The number of ether oxygens (including phenoxy) is 1. The maximum absolute atomic E-state index is 12.1. The van der Waals surface area contributed by atoms with Gasteiger partial charge in [-0.05, 0) is 44.2 Å². The van der Waals surface area contributed by atoms with Crippen molar-refractivity contribution in [2.24, 2.45) is 0 Å². The molecule has 1 unspecified atom stereocenters. The van der Waals surface area contributed by atoms with Crippen molar-refractivity contribution in [1.29, 1.82) is 0 Å². The van der Waals surface area contributed by atoms with Gasteiger partial charge in [0.15, 0.2) is 5.65 Å². The highest BCUT2D eigenvalue weighted by molar-refractivity contribution is 5.90. The van der Waals surface area contributed by atoms with Crippen LogP contribution < -0.4 is 5.73 Å². The number of hydrogen-bond acceptors (Lipinski definition) is 6. The fourth-order valence-corrected chi connectivity index (χ4v) is 3.90. The van der Waals surface area contributed by atoms with Crippen molar-refractivity contribution in [3.63, 3.8) is 0 Å². The fraction of sp³-hybridized carbons (Fsp3) is 0.360. The van der Waals surface area contributed by atoms with Gasteiger partial charge in [0.1, 0.15) is 23.4 Å². The zero-order chi connectivity index (χ0) is 23.4. The zero-order valence-corrected chi connectivity index (χ0v) is 19.0. The molecule has 0 spiro atoms. The van der Waals surface area contributed by atoms with Crippen molar-refractivity contribution >= 4 is 22.8 Å². The lowest BCUT2D eigenvalue weighted by Gasteiger charge is -2.32. The summed E-state index contributed by atoms with van der Waals surface area (Å²) in [5.41, 5.74) is 7.69. The van der Waals surface area contributed by atoms with Crippen LogP contribution in [0.25, 0.3) is 11.0 Å². The van der Waals surface area contributed by atoms with E-state index in [9.17, 15) is 4.79 Å². The van der Waals surface area contributed by atoms with Crippen LogP contribution in [0.5, 0.6) is 0 Å². The maximum Gasteiger partial charge on any atom is 0.246 e. The summed E-state index contributed by atoms with van der Waals surface area (Å²) in [4.78, 5) is 22.5. The predicted octanol–water partition coefficient (Wildman–Crippen LogP) is 3.10. The highest BCUT2D eigenvalue weighted by atomic mass is 16.5. The Kier molecular flexibility index (Phi) is 6.43. The van der Waals surface area contributed by atoms with E-state index >= 15 is 0 Å². The molecule has 170 valence electrons. The van der Waals surface area contributed by atoms with Gasteiger partial charge in [-0.1, -0.05) is 42.8 Å². The van der Waals surface area contributed by atoms with E-state index in [0.29, 0.717) is 42.2 Å². The molecule has 0 aliphatic carbocycles. The molecular formula is C25H28N6O2. The number of benzene rings is 1. The van der Waals surface area contributed by atoms with Crippen LogP contribution in [0.2, 0.25) is 0 Å². The van der Waals surface area contributed by atoms with Gasteiger partial charge < -0.3 is 15.4 Å². The summed E-state index contributed by atoms with van der Waals surface area (Å²) in [5, 5.41) is 5.38. The second kappa shape index (κ2) is 9.43. The predicted molar refractivity (Wildman–Crippen MR) is 127 cm³/mol. The van der Waals surface area contributed by atoms with E-state index < -0.39 is 5.60 Å². The highest BCUT2D eigenvalue weighted by Gasteiger charge is 2.27. The second-order valence-corrected chi connectivity index (χ2v) is 8.57. The number of nitrogen functional groups attached to an aromatic ring is 1. The van der Waals surface area contributed by atoms with E-state index in [-0.39, 0.29) is 11.9 Å². The van der Waals surface area contributed by atoms with Gasteiger partial charge in [0, 0.05) is 13.1 Å². The Balaban J connectivity index is 1.63. The van der Waals surface area contributed by atoms with Crippen LogP contribution in [0.15, 0.2) is 49.3 Å². The number of anilines is 1. The van der Waals surface area contributed by atoms with E-state index in [4.69, 9.17) is 15.6 Å². The first kappa shape index (κ1) is 22.5. The van der Waals surface area contributed by atoms with Crippen molar-refractivity contribution in [1.82, 2.24) is 24.6 Å². The number of carbonyl (C=O) groups is 1. The smallest absolute Gasteiger partial charge is 0.246 e. The molecule has 33 heavy (non-hydrogen) atoms. The average Bonchev–Trinajstić information content (AvgIpc) is 3.22. The lowest BCUT2D eigenvalue weighted by Crippen LogP contribution is -2.40. The average molecular weight is 445 g/mol. The summed E-state index contributed by atoms with van der Waals surface area (Å²) in [6.45, 7) is 9.13. The topological polar surface area (TPSA) is 99.2 Å². The molecule has 0 bridgehead atoms. The lowest BCUT2D eigenvalue weighted by molar-refractivity contribution is -0.127. The molecule has 3 heterocycles. The van der Waals surface area contributed by atoms with E-state index in [0.717, 1.165) is 18.4 Å². The van der Waals surface area contributed by atoms with Crippen LogP contribution in [0.4, 0.5) is 5.82 Å². The Morgan fingerprint density at radius 3 is 2.88 bits per heavy atom. The Hall–Kier alpha value is -3.70. The van der Waals surface area contributed by atoms with Crippen molar-refractivity contribution in [3.8, 4) is 11.8 Å². The quantitative estimate of drug-likeness (QED) is 0.480. The minimum Gasteiger partial charge on any atom is -0.383 e. The number of rotatable bonds is 5. The second-order valence-electron chi connectivity index (χ2n) is 8.57. The number of aromatic nitrogens is 4. The van der Waals surface area contributed by atoms with E-state index in [2.05, 4.69) is 28.4 Å². The van der Waals surface area contributed by atoms with Crippen LogP contribution >= 0.6 is 0 Å². The molecule has 1 amide bonds. The molecule has 8 heteroatoms. The van der Waals surface area contributed by atoms with Crippen LogP contribution in [0.3, 0.4) is 0 Å². The van der Waals surface area contributed by atoms with Gasteiger partial charge in [-0.25, -0.2) is 14.6 Å². The number of carbonyl (C=O) groups excluding carboxylic acids is 1. The summed E-state index contributed by atoms with van der Waals surface area (Å²) < 4.78 is 7.86. The standard InChI is InChI=1S/C25H28N6O2/c1-4-21(32)30-14-8-11-19(15-30)31-24-22(23(26)27-17-28-24)20(29-31)12-13-25(2,3)33-16-18-9-6-5-7-10-18/h4-7,9-10,17,19H,1,8,11,14-16H2,2-3H3,(H2,26,27,28). The molecule has 0 saturated carbocycles. The normalized spacial score (nSPS) is 16.3. The monoisotopic (exact) mass is 444 g/mol. The fourth-order valence-electron chi connectivity index (χ4n) is 3.90. The molecule has 8 nitrogen and oxygen atoms in total. The van der Waals surface area contributed by atoms with Gasteiger partial charge in [-0.15, -0.1) is 0 Å². The highest BCUT2D eigenvalue weighted by Crippen LogP contribution is 2.28. The molecule has 1 fully saturated rings. The van der Waals surface area contributed by atoms with Crippen molar-refractivity contribution in [3.05, 3.63) is 60.6 Å². The number of hydrogen-bond donors (Lipinski definition) is 1. The Morgan fingerprint density at radius 2 is 2.12 bits per heavy atom. The van der Waals surface area contributed by atoms with Crippen LogP contribution in [0.1, 0.15) is 44.0 Å². The maximum atomic E-state index is 12.1. The van der Waals surface area contributed by atoms with Gasteiger partial charge >= 0.3 is 0 Å². The first-order valence-corrected chi connectivity index (χ1v) is 11.0. The van der Waals surface area contributed by atoms with Crippen molar-refractivity contribution in [2.45, 2.75) is 44.9 Å². The lowest BCUT2D eigenvalue weighted by atomic mass is 10.1. The first-order valence-electron chi connectivity index (χ1n) is 11.0. The number of amides is 1. The minimum atomic E-state index is -0.700. The molecule has 2 N–H and O–H groups in total. The zero-order valence-electron chi connectivity index (χ0n) is 19.0. The minimum absolute atomic E-state index is 0.0302. The van der Waals surface area contributed by atoms with Gasteiger partial charge in [0.05, 0.1) is 18.0 Å². The molecule has 0 radical (unpaired) electrons. The molecule has 1 aromatic carbocycles. The number of nitrogens with two attached hydrogens (primary N) is 1. The third kappa shape index (κ3) is 5.04. The number of nitrogens with zero attached hydrogens (tertiary/aromatic N) is 5. The number of fused-ring (bicyclic) bond motifs is 1. The molecular weight excluding hydrogens is 416 g/mol. The van der Waals surface area contributed by atoms with Gasteiger partial charge in [-0.2, -0.15) is 5.10 Å². The van der Waals surface area contributed by atoms with Crippen molar-refractivity contribution < 1.29 is 9.53 Å². The summed E-state index contributed by atoms with van der Waals surface area (Å²) in [7, 11) is 0. The third-order valence-electron chi connectivity index (χ3n) is 5.67. The van der Waals surface area contributed by atoms with Gasteiger partial charge in [-0.3, -0.25) is 4.79 Å². The van der Waals surface area contributed by atoms with Crippen LogP contribution in [-0.4, -0.2) is 49.2 Å².